The number of hydrogen-bond acceptors (Lipinski definition) is 3. The highest BCUT2D eigenvalue weighted by Crippen LogP contribution is 2.38. The van der Waals surface area contributed by atoms with Gasteiger partial charge in [0.2, 0.25) is 5.91 Å². The number of likely N-dealkylation sites (tertiary alicyclic amines) is 1. The first-order valence-electron chi connectivity index (χ1n) is 7.27. The Labute approximate surface area is 136 Å². The minimum absolute atomic E-state index is 0.0385. The molecule has 2 rings (SSSR count). The molecule has 0 atom stereocenters. The first-order chi connectivity index (χ1) is 10.9. The van der Waals surface area contributed by atoms with Crippen molar-refractivity contribution in [1.82, 2.24) is 10.2 Å². The fraction of sp³-hybridized carbons (Fsp3) is 0.467. The lowest BCUT2D eigenvalue weighted by atomic mass is 10.2. The molecule has 0 bridgehead atoms. The number of hydrogen-bond donors (Lipinski definition) is 1. The standard InChI is InChI=1S/C15H17F3N2O2S/c16-15(17,18)23-12-6-2-1-5-11(12)14(22)19-8-7-13(21)20-9-3-4-10-20/h1-2,5-6H,3-4,7-10H2,(H,19,22). The van der Waals surface area contributed by atoms with Gasteiger partial charge in [-0.05, 0) is 36.7 Å². The third kappa shape index (κ3) is 5.46. The summed E-state index contributed by atoms with van der Waals surface area (Å²) in [5.74, 6) is -0.646. The van der Waals surface area contributed by atoms with Crippen molar-refractivity contribution in [2.45, 2.75) is 29.7 Å². The molecule has 0 spiro atoms. The molecular weight excluding hydrogens is 329 g/mol. The predicted molar refractivity (Wildman–Crippen MR) is 81.1 cm³/mol. The van der Waals surface area contributed by atoms with Gasteiger partial charge in [0.25, 0.3) is 5.91 Å². The molecule has 1 N–H and O–H groups in total. The number of nitrogens with one attached hydrogen (secondary N) is 1. The lowest BCUT2D eigenvalue weighted by Gasteiger charge is -2.15. The van der Waals surface area contributed by atoms with Crippen LogP contribution in [0.3, 0.4) is 0 Å². The maximum Gasteiger partial charge on any atom is 0.446 e. The van der Waals surface area contributed by atoms with Crippen LogP contribution in [0.4, 0.5) is 13.2 Å². The van der Waals surface area contributed by atoms with Crippen LogP contribution in [0.1, 0.15) is 29.6 Å². The van der Waals surface area contributed by atoms with Gasteiger partial charge in [-0.3, -0.25) is 9.59 Å². The maximum atomic E-state index is 12.5. The van der Waals surface area contributed by atoms with Crippen molar-refractivity contribution in [3.05, 3.63) is 29.8 Å². The van der Waals surface area contributed by atoms with Crippen LogP contribution in [-0.2, 0) is 4.79 Å². The van der Waals surface area contributed by atoms with Crippen LogP contribution < -0.4 is 5.32 Å². The van der Waals surface area contributed by atoms with E-state index >= 15 is 0 Å². The van der Waals surface area contributed by atoms with E-state index in [-0.39, 0.29) is 41.1 Å². The Balaban J connectivity index is 1.89. The lowest BCUT2D eigenvalue weighted by Crippen LogP contribution is -2.32. The minimum atomic E-state index is -4.46. The second-order valence-electron chi connectivity index (χ2n) is 5.14. The summed E-state index contributed by atoms with van der Waals surface area (Å²) < 4.78 is 37.5. The van der Waals surface area contributed by atoms with E-state index in [9.17, 15) is 22.8 Å². The van der Waals surface area contributed by atoms with E-state index in [1.54, 1.807) is 4.90 Å². The lowest BCUT2D eigenvalue weighted by molar-refractivity contribution is -0.129. The van der Waals surface area contributed by atoms with Gasteiger partial charge in [-0.1, -0.05) is 12.1 Å². The summed E-state index contributed by atoms with van der Waals surface area (Å²) in [6, 6.07) is 5.54. The molecule has 23 heavy (non-hydrogen) atoms. The molecule has 1 aliphatic rings. The van der Waals surface area contributed by atoms with Gasteiger partial charge >= 0.3 is 5.51 Å². The molecule has 4 nitrogen and oxygen atoms in total. The smallest absolute Gasteiger partial charge is 0.351 e. The number of carbonyl (C=O) groups is 2. The molecular formula is C15H17F3N2O2S. The zero-order valence-corrected chi connectivity index (χ0v) is 13.2. The van der Waals surface area contributed by atoms with Crippen molar-refractivity contribution in [3.8, 4) is 0 Å². The van der Waals surface area contributed by atoms with Crippen LogP contribution in [0.5, 0.6) is 0 Å². The average molecular weight is 346 g/mol. The van der Waals surface area contributed by atoms with Crippen LogP contribution in [0.15, 0.2) is 29.2 Å². The first-order valence-corrected chi connectivity index (χ1v) is 8.09. The molecule has 1 saturated heterocycles. The second-order valence-corrected chi connectivity index (χ2v) is 6.24. The van der Waals surface area contributed by atoms with E-state index in [4.69, 9.17) is 0 Å². The number of nitrogens with zero attached hydrogens (tertiary/aromatic N) is 1. The van der Waals surface area contributed by atoms with Gasteiger partial charge in [-0.15, -0.1) is 0 Å². The van der Waals surface area contributed by atoms with Crippen molar-refractivity contribution in [3.63, 3.8) is 0 Å². The zero-order valence-electron chi connectivity index (χ0n) is 12.4. The number of rotatable bonds is 5. The fourth-order valence-electron chi connectivity index (χ4n) is 2.37. The van der Waals surface area contributed by atoms with Crippen molar-refractivity contribution < 1.29 is 22.8 Å². The molecule has 1 aromatic carbocycles. The zero-order chi connectivity index (χ0) is 16.9. The summed E-state index contributed by atoms with van der Waals surface area (Å²) in [5.41, 5.74) is -4.49. The average Bonchev–Trinajstić information content (AvgIpc) is 3.00. The third-order valence-electron chi connectivity index (χ3n) is 3.44. The highest BCUT2D eigenvalue weighted by Gasteiger charge is 2.31. The second kappa shape index (κ2) is 7.72. The van der Waals surface area contributed by atoms with Crippen LogP contribution in [0.25, 0.3) is 0 Å². The van der Waals surface area contributed by atoms with Gasteiger partial charge < -0.3 is 10.2 Å². The number of benzene rings is 1. The predicted octanol–water partition coefficient (Wildman–Crippen LogP) is 3.04. The molecule has 8 heteroatoms. The summed E-state index contributed by atoms with van der Waals surface area (Å²) in [6.45, 7) is 1.58. The Morgan fingerprint density at radius 1 is 1.17 bits per heavy atom. The van der Waals surface area contributed by atoms with Crippen LogP contribution in [-0.4, -0.2) is 41.9 Å². The number of halogens is 3. The summed E-state index contributed by atoms with van der Waals surface area (Å²) in [4.78, 5) is 25.5. The van der Waals surface area contributed by atoms with Gasteiger partial charge in [0.15, 0.2) is 0 Å². The molecule has 1 aliphatic heterocycles. The maximum absolute atomic E-state index is 12.5. The quantitative estimate of drug-likeness (QED) is 0.834. The topological polar surface area (TPSA) is 49.4 Å². The van der Waals surface area contributed by atoms with Gasteiger partial charge in [-0.25, -0.2) is 0 Å². The Hall–Kier alpha value is -1.70. The van der Waals surface area contributed by atoms with Crippen LogP contribution in [0, 0.1) is 0 Å². The minimum Gasteiger partial charge on any atom is -0.351 e. The van der Waals surface area contributed by atoms with Gasteiger partial charge in [-0.2, -0.15) is 13.2 Å². The number of carbonyl (C=O) groups excluding carboxylic acids is 2. The van der Waals surface area contributed by atoms with Crippen molar-refractivity contribution in [1.29, 1.82) is 0 Å². The molecule has 1 heterocycles. The van der Waals surface area contributed by atoms with Gasteiger partial charge in [0.05, 0.1) is 5.56 Å². The van der Waals surface area contributed by atoms with E-state index < -0.39 is 11.4 Å². The molecule has 126 valence electrons. The molecule has 1 fully saturated rings. The SMILES string of the molecule is O=C(NCCC(=O)N1CCCC1)c1ccccc1SC(F)(F)F. The van der Waals surface area contributed by atoms with Crippen molar-refractivity contribution >= 4 is 23.6 Å². The van der Waals surface area contributed by atoms with E-state index in [2.05, 4.69) is 5.32 Å². The Morgan fingerprint density at radius 3 is 2.48 bits per heavy atom. The van der Waals surface area contributed by atoms with Gasteiger partial charge in [0, 0.05) is 31.0 Å². The summed E-state index contributed by atoms with van der Waals surface area (Å²) in [6.07, 6.45) is 2.13. The molecule has 0 aromatic heterocycles. The Kier molecular flexibility index (Phi) is 5.92. The summed E-state index contributed by atoms with van der Waals surface area (Å²) in [5, 5.41) is 2.51. The number of alkyl halides is 3. The summed E-state index contributed by atoms with van der Waals surface area (Å²) in [7, 11) is 0. The van der Waals surface area contributed by atoms with E-state index in [1.807, 2.05) is 0 Å². The Morgan fingerprint density at radius 2 is 1.83 bits per heavy atom. The van der Waals surface area contributed by atoms with E-state index in [1.165, 1.54) is 24.3 Å². The van der Waals surface area contributed by atoms with Crippen molar-refractivity contribution in [2.75, 3.05) is 19.6 Å². The first kappa shape index (κ1) is 17.7. The number of thioether (sulfide) groups is 1. The molecule has 0 unspecified atom stereocenters. The molecule has 0 aliphatic carbocycles. The molecule has 1 aromatic rings. The highest BCUT2D eigenvalue weighted by atomic mass is 32.2. The van der Waals surface area contributed by atoms with Crippen molar-refractivity contribution in [2.24, 2.45) is 0 Å². The largest absolute Gasteiger partial charge is 0.446 e. The molecule has 0 radical (unpaired) electrons. The monoisotopic (exact) mass is 346 g/mol. The van der Waals surface area contributed by atoms with E-state index in [0.717, 1.165) is 25.9 Å². The normalized spacial score (nSPS) is 14.8. The fourth-order valence-corrected chi connectivity index (χ4v) is 3.04. The molecule has 0 saturated carbocycles. The van der Waals surface area contributed by atoms with E-state index in [0.29, 0.717) is 0 Å². The van der Waals surface area contributed by atoms with Gasteiger partial charge in [0.1, 0.15) is 0 Å². The highest BCUT2D eigenvalue weighted by molar-refractivity contribution is 8.00. The van der Waals surface area contributed by atoms with Crippen LogP contribution >= 0.6 is 11.8 Å². The third-order valence-corrected chi connectivity index (χ3v) is 4.25. The van der Waals surface area contributed by atoms with Crippen LogP contribution in [0.2, 0.25) is 0 Å². The Bertz CT molecular complexity index is 572. The molecule has 2 amide bonds. The summed E-state index contributed by atoms with van der Waals surface area (Å²) >= 11 is -0.320. The number of amides is 2.